The van der Waals surface area contributed by atoms with Crippen LogP contribution in [0.1, 0.15) is 36.8 Å². The van der Waals surface area contributed by atoms with Crippen molar-refractivity contribution in [2.45, 2.75) is 33.4 Å². The van der Waals surface area contributed by atoms with E-state index in [1.165, 1.54) is 12.5 Å². The first-order chi connectivity index (χ1) is 7.93. The van der Waals surface area contributed by atoms with Crippen molar-refractivity contribution in [2.75, 3.05) is 7.05 Å². The van der Waals surface area contributed by atoms with Crippen molar-refractivity contribution < 1.29 is 9.90 Å². The third kappa shape index (κ3) is 3.49. The predicted octanol–water partition coefficient (Wildman–Crippen LogP) is 1.65. The Labute approximate surface area is 102 Å². The molecule has 0 aromatic carbocycles. The van der Waals surface area contributed by atoms with Gasteiger partial charge in [0, 0.05) is 18.8 Å². The van der Waals surface area contributed by atoms with E-state index in [0.29, 0.717) is 24.2 Å². The fourth-order valence-electron chi connectivity index (χ4n) is 1.55. The number of hydrogen-bond donors (Lipinski definition) is 1. The molecule has 5 nitrogen and oxygen atoms in total. The molecule has 1 aromatic heterocycles. The molecule has 0 aliphatic heterocycles. The van der Waals surface area contributed by atoms with E-state index in [-0.39, 0.29) is 5.56 Å². The van der Waals surface area contributed by atoms with Crippen molar-refractivity contribution >= 4 is 5.97 Å². The number of carboxylic acids is 1. The van der Waals surface area contributed by atoms with Gasteiger partial charge in [-0.25, -0.2) is 14.8 Å². The molecule has 0 radical (unpaired) electrons. The molecule has 94 valence electrons. The summed E-state index contributed by atoms with van der Waals surface area (Å²) in [5, 5.41) is 9.03. The van der Waals surface area contributed by atoms with Gasteiger partial charge in [0.25, 0.3) is 0 Å². The van der Waals surface area contributed by atoms with Crippen LogP contribution in [-0.4, -0.2) is 39.0 Å². The van der Waals surface area contributed by atoms with Crippen molar-refractivity contribution in [2.24, 2.45) is 5.92 Å². The van der Waals surface area contributed by atoms with Crippen LogP contribution in [-0.2, 0) is 6.54 Å². The van der Waals surface area contributed by atoms with Gasteiger partial charge in [-0.05, 0) is 19.9 Å². The number of aromatic carboxylic acids is 1. The van der Waals surface area contributed by atoms with Gasteiger partial charge >= 0.3 is 5.97 Å². The van der Waals surface area contributed by atoms with Crippen molar-refractivity contribution in [3.63, 3.8) is 0 Å². The van der Waals surface area contributed by atoms with Gasteiger partial charge < -0.3 is 5.11 Å². The normalized spacial score (nSPS) is 13.1. The second kappa shape index (κ2) is 5.72. The van der Waals surface area contributed by atoms with E-state index < -0.39 is 5.97 Å². The van der Waals surface area contributed by atoms with Crippen LogP contribution >= 0.6 is 0 Å². The molecule has 1 unspecified atom stereocenters. The lowest BCUT2D eigenvalue weighted by atomic mass is 10.0. The first-order valence-corrected chi connectivity index (χ1v) is 5.66. The van der Waals surface area contributed by atoms with Gasteiger partial charge in [-0.3, -0.25) is 4.90 Å². The van der Waals surface area contributed by atoms with Crippen molar-refractivity contribution in [1.29, 1.82) is 0 Å². The smallest absolute Gasteiger partial charge is 0.339 e. The first kappa shape index (κ1) is 13.6. The summed E-state index contributed by atoms with van der Waals surface area (Å²) < 4.78 is 0. The molecule has 1 aromatic rings. The summed E-state index contributed by atoms with van der Waals surface area (Å²) in [6.07, 6.45) is 2.73. The van der Waals surface area contributed by atoms with Gasteiger partial charge in [-0.1, -0.05) is 13.8 Å². The molecule has 0 bridgehead atoms. The third-order valence-corrected chi connectivity index (χ3v) is 3.08. The lowest BCUT2D eigenvalue weighted by Gasteiger charge is -2.27. The average molecular weight is 237 g/mol. The summed E-state index contributed by atoms with van der Waals surface area (Å²) in [4.78, 5) is 20.9. The lowest BCUT2D eigenvalue weighted by molar-refractivity contribution is 0.0692. The highest BCUT2D eigenvalue weighted by Crippen LogP contribution is 2.13. The lowest BCUT2D eigenvalue weighted by Crippen LogP contribution is -2.33. The Bertz CT molecular complexity index is 393. The Morgan fingerprint density at radius 3 is 2.65 bits per heavy atom. The van der Waals surface area contributed by atoms with Gasteiger partial charge in [0.05, 0.1) is 5.69 Å². The standard InChI is InChI=1S/C12H19N3O2/c1-8(2)9(3)15(4)6-11-10(12(16)17)5-13-7-14-11/h5,7-9H,6H2,1-4H3,(H,16,17). The predicted molar refractivity (Wildman–Crippen MR) is 64.8 cm³/mol. The van der Waals surface area contributed by atoms with Crippen LogP contribution < -0.4 is 0 Å². The van der Waals surface area contributed by atoms with Gasteiger partial charge in [-0.2, -0.15) is 0 Å². The second-order valence-corrected chi connectivity index (χ2v) is 4.59. The van der Waals surface area contributed by atoms with Crippen LogP contribution in [0.4, 0.5) is 0 Å². The van der Waals surface area contributed by atoms with E-state index in [0.717, 1.165) is 0 Å². The van der Waals surface area contributed by atoms with Gasteiger partial charge in [0.1, 0.15) is 11.9 Å². The summed E-state index contributed by atoms with van der Waals surface area (Å²) >= 11 is 0. The summed E-state index contributed by atoms with van der Waals surface area (Å²) in [7, 11) is 1.97. The Balaban J connectivity index is 2.84. The molecule has 0 spiro atoms. The molecule has 1 N–H and O–H groups in total. The second-order valence-electron chi connectivity index (χ2n) is 4.59. The molecule has 0 amide bonds. The summed E-state index contributed by atoms with van der Waals surface area (Å²) in [5.41, 5.74) is 0.734. The maximum Gasteiger partial charge on any atom is 0.339 e. The Morgan fingerprint density at radius 1 is 1.47 bits per heavy atom. The molecule has 0 aliphatic carbocycles. The monoisotopic (exact) mass is 237 g/mol. The highest BCUT2D eigenvalue weighted by atomic mass is 16.4. The maximum absolute atomic E-state index is 11.0. The van der Waals surface area contributed by atoms with E-state index in [2.05, 4.69) is 35.6 Å². The minimum absolute atomic E-state index is 0.176. The molecule has 1 heterocycles. The summed E-state index contributed by atoms with van der Waals surface area (Å²) in [6, 6.07) is 0.367. The molecular formula is C12H19N3O2. The number of rotatable bonds is 5. The van der Waals surface area contributed by atoms with Crippen LogP contribution in [0.25, 0.3) is 0 Å². The number of carboxylic acid groups (broad SMARTS) is 1. The van der Waals surface area contributed by atoms with Crippen LogP contribution in [0, 0.1) is 5.92 Å². The van der Waals surface area contributed by atoms with E-state index in [9.17, 15) is 4.79 Å². The van der Waals surface area contributed by atoms with Gasteiger partial charge in [0.15, 0.2) is 0 Å². The number of carbonyl (C=O) groups is 1. The van der Waals surface area contributed by atoms with Crippen molar-refractivity contribution in [1.82, 2.24) is 14.9 Å². The molecule has 1 rings (SSSR count). The first-order valence-electron chi connectivity index (χ1n) is 5.66. The van der Waals surface area contributed by atoms with Crippen LogP contribution in [0.3, 0.4) is 0 Å². The van der Waals surface area contributed by atoms with E-state index >= 15 is 0 Å². The zero-order valence-electron chi connectivity index (χ0n) is 10.7. The third-order valence-electron chi connectivity index (χ3n) is 3.08. The van der Waals surface area contributed by atoms with Gasteiger partial charge in [-0.15, -0.1) is 0 Å². The molecule has 0 fully saturated rings. The van der Waals surface area contributed by atoms with Gasteiger partial charge in [0.2, 0.25) is 0 Å². The Hall–Kier alpha value is -1.49. The molecule has 5 heteroatoms. The Kier molecular flexibility index (Phi) is 4.57. The number of hydrogen-bond acceptors (Lipinski definition) is 4. The zero-order chi connectivity index (χ0) is 13.0. The molecule has 1 atom stereocenters. The van der Waals surface area contributed by atoms with Crippen molar-refractivity contribution in [3.05, 3.63) is 23.8 Å². The number of nitrogens with zero attached hydrogens (tertiary/aromatic N) is 3. The summed E-state index contributed by atoms with van der Waals surface area (Å²) in [6.45, 7) is 6.91. The fourth-order valence-corrected chi connectivity index (χ4v) is 1.55. The van der Waals surface area contributed by atoms with Crippen LogP contribution in [0.5, 0.6) is 0 Å². The SMILES string of the molecule is CC(C)C(C)N(C)Cc1ncncc1C(=O)O. The van der Waals surface area contributed by atoms with Crippen molar-refractivity contribution in [3.8, 4) is 0 Å². The molecule has 17 heavy (non-hydrogen) atoms. The van der Waals surface area contributed by atoms with E-state index in [1.54, 1.807) is 0 Å². The topological polar surface area (TPSA) is 66.3 Å². The van der Waals surface area contributed by atoms with Crippen LogP contribution in [0.2, 0.25) is 0 Å². The highest BCUT2D eigenvalue weighted by Gasteiger charge is 2.17. The largest absolute Gasteiger partial charge is 0.478 e. The van der Waals surface area contributed by atoms with E-state index in [1.807, 2.05) is 7.05 Å². The summed E-state index contributed by atoms with van der Waals surface area (Å²) in [5.74, 6) is -0.471. The quantitative estimate of drug-likeness (QED) is 0.843. The van der Waals surface area contributed by atoms with E-state index in [4.69, 9.17) is 5.11 Å². The molecule has 0 saturated heterocycles. The minimum Gasteiger partial charge on any atom is -0.478 e. The average Bonchev–Trinajstić information content (AvgIpc) is 2.28. The Morgan fingerprint density at radius 2 is 2.12 bits per heavy atom. The fraction of sp³-hybridized carbons (Fsp3) is 0.583. The highest BCUT2D eigenvalue weighted by molar-refractivity contribution is 5.88. The molecule has 0 aliphatic rings. The number of aromatic nitrogens is 2. The maximum atomic E-state index is 11.0. The molecule has 0 saturated carbocycles. The minimum atomic E-state index is -0.980. The van der Waals surface area contributed by atoms with Crippen LogP contribution in [0.15, 0.2) is 12.5 Å². The molecular weight excluding hydrogens is 218 g/mol. The zero-order valence-corrected chi connectivity index (χ0v) is 10.7.